The molecule has 3 aromatic rings. The van der Waals surface area contributed by atoms with E-state index < -0.39 is 0 Å². The summed E-state index contributed by atoms with van der Waals surface area (Å²) in [5, 5.41) is 1.12. The van der Waals surface area contributed by atoms with Crippen LogP contribution in [0.5, 0.6) is 0 Å². The molecule has 2 aromatic carbocycles. The molecule has 1 aliphatic rings. The van der Waals surface area contributed by atoms with Crippen LogP contribution in [0.2, 0.25) is 0 Å². The van der Waals surface area contributed by atoms with Crippen molar-refractivity contribution in [3.8, 4) is 11.3 Å². The number of benzene rings is 2. The Kier molecular flexibility index (Phi) is 1.67. The first kappa shape index (κ1) is 9.66. The first-order valence-electron chi connectivity index (χ1n) is 6.02. The molecule has 2 heterocycles. The number of aryl methyl sites for hydroxylation is 1. The molecule has 86 valence electrons. The van der Waals surface area contributed by atoms with Crippen LogP contribution in [-0.2, 0) is 0 Å². The van der Waals surface area contributed by atoms with Crippen molar-refractivity contribution in [1.29, 1.82) is 0 Å². The van der Waals surface area contributed by atoms with E-state index in [1.165, 1.54) is 5.56 Å². The van der Waals surface area contributed by atoms with E-state index in [-0.39, 0.29) is 5.91 Å². The van der Waals surface area contributed by atoms with Gasteiger partial charge in [0.05, 0.1) is 11.2 Å². The van der Waals surface area contributed by atoms with Crippen LogP contribution in [0.25, 0.3) is 22.2 Å². The normalized spacial score (nSPS) is 12.8. The van der Waals surface area contributed by atoms with Crippen LogP contribution in [-0.4, -0.2) is 10.5 Å². The third-order valence-electron chi connectivity index (χ3n) is 3.60. The highest BCUT2D eigenvalue weighted by Crippen LogP contribution is 2.36. The Morgan fingerprint density at radius 3 is 2.56 bits per heavy atom. The van der Waals surface area contributed by atoms with Crippen LogP contribution in [0.1, 0.15) is 15.9 Å². The number of hydrogen-bond acceptors (Lipinski definition) is 1. The van der Waals surface area contributed by atoms with Gasteiger partial charge in [0.25, 0.3) is 5.91 Å². The smallest absolute Gasteiger partial charge is 0.263 e. The van der Waals surface area contributed by atoms with E-state index in [0.717, 1.165) is 27.7 Å². The van der Waals surface area contributed by atoms with Crippen molar-refractivity contribution in [3.05, 3.63) is 59.7 Å². The van der Waals surface area contributed by atoms with Gasteiger partial charge in [0.1, 0.15) is 0 Å². The van der Waals surface area contributed by atoms with Gasteiger partial charge in [0.2, 0.25) is 0 Å². The lowest BCUT2D eigenvalue weighted by atomic mass is 10.1. The van der Waals surface area contributed by atoms with Crippen LogP contribution >= 0.6 is 0 Å². The van der Waals surface area contributed by atoms with E-state index in [1.807, 2.05) is 35.8 Å². The minimum Gasteiger partial charge on any atom is -0.276 e. The summed E-state index contributed by atoms with van der Waals surface area (Å²) in [4.78, 5) is 12.4. The molecule has 0 bridgehead atoms. The number of hydrogen-bond donors (Lipinski definition) is 0. The summed E-state index contributed by atoms with van der Waals surface area (Å²) in [6.45, 7) is 2.05. The molecule has 0 saturated carbocycles. The van der Waals surface area contributed by atoms with Crippen LogP contribution in [0.3, 0.4) is 0 Å². The highest BCUT2D eigenvalue weighted by Gasteiger charge is 2.27. The third kappa shape index (κ3) is 1.05. The van der Waals surface area contributed by atoms with Crippen LogP contribution in [0.15, 0.2) is 48.5 Å². The average molecular weight is 233 g/mol. The second kappa shape index (κ2) is 3.10. The quantitative estimate of drug-likeness (QED) is 0.454. The Labute approximate surface area is 104 Å². The molecular weight excluding hydrogens is 222 g/mol. The predicted octanol–water partition coefficient (Wildman–Crippen LogP) is 3.62. The Morgan fingerprint density at radius 2 is 1.72 bits per heavy atom. The number of fused-ring (bicyclic) bond motifs is 5. The van der Waals surface area contributed by atoms with E-state index >= 15 is 0 Å². The zero-order chi connectivity index (χ0) is 12.3. The maximum atomic E-state index is 12.4. The molecule has 0 radical (unpaired) electrons. The molecule has 18 heavy (non-hydrogen) atoms. The van der Waals surface area contributed by atoms with E-state index in [9.17, 15) is 4.79 Å². The lowest BCUT2D eigenvalue weighted by Crippen LogP contribution is -2.05. The number of carbonyl (C=O) groups is 1. The van der Waals surface area contributed by atoms with Gasteiger partial charge in [-0.1, -0.05) is 30.3 Å². The van der Waals surface area contributed by atoms with Crippen molar-refractivity contribution in [3.63, 3.8) is 0 Å². The molecule has 4 rings (SSSR count). The Bertz CT molecular complexity index is 811. The number of rotatable bonds is 0. The fraction of sp³-hybridized carbons (Fsp3) is 0.0625. The Morgan fingerprint density at radius 1 is 0.944 bits per heavy atom. The molecule has 1 aliphatic heterocycles. The molecule has 0 amide bonds. The topological polar surface area (TPSA) is 22.0 Å². The van der Waals surface area contributed by atoms with Crippen molar-refractivity contribution in [2.24, 2.45) is 0 Å². The van der Waals surface area contributed by atoms with Gasteiger partial charge < -0.3 is 0 Å². The van der Waals surface area contributed by atoms with E-state index in [0.29, 0.717) is 0 Å². The second-order valence-corrected chi connectivity index (χ2v) is 4.78. The molecule has 0 spiro atoms. The van der Waals surface area contributed by atoms with E-state index in [4.69, 9.17) is 0 Å². The SMILES string of the molecule is Cc1ccc2cc3n(c2c1)C(=O)c1ccccc1-3. The number of nitrogens with zero attached hydrogens (tertiary/aromatic N) is 1. The van der Waals surface area contributed by atoms with Crippen molar-refractivity contribution in [2.45, 2.75) is 6.92 Å². The summed E-state index contributed by atoms with van der Waals surface area (Å²) in [7, 11) is 0. The summed E-state index contributed by atoms with van der Waals surface area (Å²) in [5.74, 6) is 0.0844. The number of carbonyl (C=O) groups excluding carboxylic acids is 1. The molecule has 1 aromatic heterocycles. The highest BCUT2D eigenvalue weighted by atomic mass is 16.2. The highest BCUT2D eigenvalue weighted by molar-refractivity contribution is 6.14. The van der Waals surface area contributed by atoms with Crippen LogP contribution < -0.4 is 0 Å². The minimum absolute atomic E-state index is 0.0844. The molecule has 2 heteroatoms. The molecule has 0 N–H and O–H groups in total. The lowest BCUT2D eigenvalue weighted by molar-refractivity contribution is 0.0973. The lowest BCUT2D eigenvalue weighted by Gasteiger charge is -2.00. The third-order valence-corrected chi connectivity index (χ3v) is 3.60. The maximum Gasteiger partial charge on any atom is 0.263 e. The molecule has 0 aliphatic carbocycles. The van der Waals surface area contributed by atoms with Crippen molar-refractivity contribution in [1.82, 2.24) is 4.57 Å². The van der Waals surface area contributed by atoms with Gasteiger partial charge in [-0.25, -0.2) is 0 Å². The minimum atomic E-state index is 0.0844. The predicted molar refractivity (Wildman–Crippen MR) is 71.8 cm³/mol. The van der Waals surface area contributed by atoms with Gasteiger partial charge in [-0.2, -0.15) is 0 Å². The molecular formula is C16H11NO. The van der Waals surface area contributed by atoms with E-state index in [2.05, 4.69) is 24.3 Å². The van der Waals surface area contributed by atoms with Gasteiger partial charge in [0, 0.05) is 16.5 Å². The molecule has 0 saturated heterocycles. The summed E-state index contributed by atoms with van der Waals surface area (Å²) in [6, 6.07) is 16.1. The summed E-state index contributed by atoms with van der Waals surface area (Å²) in [6.07, 6.45) is 0. The van der Waals surface area contributed by atoms with Gasteiger partial charge in [-0.05, 0) is 30.7 Å². The standard InChI is InChI=1S/C16H11NO/c1-10-6-7-11-9-15-12-4-2-3-5-13(12)16(18)17(15)14(11)8-10/h2-9H,1H3. The van der Waals surface area contributed by atoms with E-state index in [1.54, 1.807) is 0 Å². The fourth-order valence-corrected chi connectivity index (χ4v) is 2.74. The zero-order valence-corrected chi connectivity index (χ0v) is 9.97. The van der Waals surface area contributed by atoms with Crippen LogP contribution in [0.4, 0.5) is 0 Å². The summed E-state index contributed by atoms with van der Waals surface area (Å²) < 4.78 is 1.83. The van der Waals surface area contributed by atoms with Gasteiger partial charge >= 0.3 is 0 Å². The average Bonchev–Trinajstić information content (AvgIpc) is 2.87. The first-order chi connectivity index (χ1) is 8.75. The van der Waals surface area contributed by atoms with Gasteiger partial charge in [0.15, 0.2) is 0 Å². The van der Waals surface area contributed by atoms with Crippen molar-refractivity contribution < 1.29 is 4.79 Å². The summed E-state index contributed by atoms with van der Waals surface area (Å²) in [5.41, 5.74) is 5.03. The fourth-order valence-electron chi connectivity index (χ4n) is 2.74. The molecule has 0 fully saturated rings. The molecule has 0 atom stereocenters. The molecule has 0 unspecified atom stereocenters. The zero-order valence-electron chi connectivity index (χ0n) is 9.97. The van der Waals surface area contributed by atoms with Crippen LogP contribution in [0, 0.1) is 6.92 Å². The maximum absolute atomic E-state index is 12.4. The summed E-state index contributed by atoms with van der Waals surface area (Å²) >= 11 is 0. The van der Waals surface area contributed by atoms with Gasteiger partial charge in [-0.15, -0.1) is 0 Å². The largest absolute Gasteiger partial charge is 0.276 e. The first-order valence-corrected chi connectivity index (χ1v) is 6.02. The Hall–Kier alpha value is -2.35. The monoisotopic (exact) mass is 233 g/mol. The molecule has 2 nitrogen and oxygen atoms in total. The van der Waals surface area contributed by atoms with Crippen molar-refractivity contribution >= 4 is 16.8 Å². The number of aromatic nitrogens is 1. The van der Waals surface area contributed by atoms with Crippen molar-refractivity contribution in [2.75, 3.05) is 0 Å². The Balaban J connectivity index is 2.16. The second-order valence-electron chi connectivity index (χ2n) is 4.78. The van der Waals surface area contributed by atoms with Gasteiger partial charge in [-0.3, -0.25) is 9.36 Å².